The first-order chi connectivity index (χ1) is 5.65. The van der Waals surface area contributed by atoms with Crippen LogP contribution in [0.5, 0.6) is 0 Å². The Morgan fingerprint density at radius 3 is 2.50 bits per heavy atom. The van der Waals surface area contributed by atoms with Gasteiger partial charge in [-0.1, -0.05) is 6.07 Å². The zero-order chi connectivity index (χ0) is 9.14. The number of hydrogen-bond donors (Lipinski definition) is 1. The number of benzene rings is 1. The zero-order valence-electron chi connectivity index (χ0n) is 6.90. The van der Waals surface area contributed by atoms with Crippen molar-refractivity contribution >= 4 is 0 Å². The quantitative estimate of drug-likeness (QED) is 0.721. The maximum atomic E-state index is 12.7. The highest BCUT2D eigenvalue weighted by molar-refractivity contribution is 5.25. The van der Waals surface area contributed by atoms with E-state index in [0.29, 0.717) is 18.5 Å². The fraction of sp³-hybridized carbons (Fsp3) is 0.333. The van der Waals surface area contributed by atoms with Crippen LogP contribution in [0.1, 0.15) is 11.1 Å². The molecule has 1 nitrogen and oxygen atoms in total. The summed E-state index contributed by atoms with van der Waals surface area (Å²) in [5, 5.41) is 0. The lowest BCUT2D eigenvalue weighted by molar-refractivity contribution is 0.501. The molecular weight excluding hydrogens is 160 g/mol. The van der Waals surface area contributed by atoms with Gasteiger partial charge in [-0.2, -0.15) is 0 Å². The van der Waals surface area contributed by atoms with Gasteiger partial charge in [0, 0.05) is 0 Å². The molecule has 0 fully saturated rings. The third kappa shape index (κ3) is 1.80. The van der Waals surface area contributed by atoms with E-state index in [1.54, 1.807) is 13.0 Å². The predicted octanol–water partition coefficient (Wildman–Crippen LogP) is 1.77. The van der Waals surface area contributed by atoms with Crippen molar-refractivity contribution < 1.29 is 8.78 Å². The summed E-state index contributed by atoms with van der Waals surface area (Å²) in [4.78, 5) is 0. The summed E-state index contributed by atoms with van der Waals surface area (Å²) < 4.78 is 25.5. The monoisotopic (exact) mass is 171 g/mol. The van der Waals surface area contributed by atoms with Crippen LogP contribution >= 0.6 is 0 Å². The van der Waals surface area contributed by atoms with Crippen molar-refractivity contribution in [2.75, 3.05) is 6.54 Å². The molecule has 2 N–H and O–H groups in total. The molecule has 1 rings (SSSR count). The van der Waals surface area contributed by atoms with Gasteiger partial charge in [-0.05, 0) is 37.1 Å². The highest BCUT2D eigenvalue weighted by Gasteiger charge is 2.06. The molecule has 0 aliphatic heterocycles. The van der Waals surface area contributed by atoms with E-state index in [0.717, 1.165) is 5.56 Å². The molecule has 0 amide bonds. The fourth-order valence-corrected chi connectivity index (χ4v) is 1.11. The van der Waals surface area contributed by atoms with E-state index in [9.17, 15) is 8.78 Å². The van der Waals surface area contributed by atoms with Crippen LogP contribution in [0, 0.1) is 18.6 Å². The van der Waals surface area contributed by atoms with Gasteiger partial charge in [-0.15, -0.1) is 0 Å². The average Bonchev–Trinajstić information content (AvgIpc) is 2.01. The van der Waals surface area contributed by atoms with Crippen LogP contribution in [0.15, 0.2) is 12.1 Å². The van der Waals surface area contributed by atoms with Crippen molar-refractivity contribution in [3.8, 4) is 0 Å². The molecule has 0 aliphatic carbocycles. The largest absolute Gasteiger partial charge is 0.330 e. The second kappa shape index (κ2) is 3.63. The van der Waals surface area contributed by atoms with Crippen LogP contribution in [0.2, 0.25) is 0 Å². The minimum atomic E-state index is -0.793. The van der Waals surface area contributed by atoms with Crippen molar-refractivity contribution in [2.45, 2.75) is 13.3 Å². The van der Waals surface area contributed by atoms with E-state index in [1.165, 1.54) is 6.07 Å². The van der Waals surface area contributed by atoms with E-state index in [4.69, 9.17) is 5.73 Å². The fourth-order valence-electron chi connectivity index (χ4n) is 1.11. The van der Waals surface area contributed by atoms with Crippen molar-refractivity contribution in [1.29, 1.82) is 0 Å². The summed E-state index contributed by atoms with van der Waals surface area (Å²) in [5.74, 6) is -1.56. The Kier molecular flexibility index (Phi) is 2.76. The van der Waals surface area contributed by atoms with E-state index in [2.05, 4.69) is 0 Å². The van der Waals surface area contributed by atoms with Gasteiger partial charge in [0.15, 0.2) is 11.6 Å². The zero-order valence-corrected chi connectivity index (χ0v) is 6.90. The second-order valence-electron chi connectivity index (χ2n) is 2.75. The molecule has 12 heavy (non-hydrogen) atoms. The minimum Gasteiger partial charge on any atom is -0.330 e. The summed E-state index contributed by atoms with van der Waals surface area (Å²) in [5.41, 5.74) is 6.36. The van der Waals surface area contributed by atoms with Crippen molar-refractivity contribution in [3.05, 3.63) is 34.9 Å². The van der Waals surface area contributed by atoms with Crippen LogP contribution in [0.3, 0.4) is 0 Å². The van der Waals surface area contributed by atoms with Crippen LogP contribution in [0.4, 0.5) is 8.78 Å². The van der Waals surface area contributed by atoms with Crippen LogP contribution in [-0.4, -0.2) is 6.54 Å². The lowest BCUT2D eigenvalue weighted by Gasteiger charge is -2.02. The number of rotatable bonds is 2. The van der Waals surface area contributed by atoms with E-state index in [-0.39, 0.29) is 0 Å². The second-order valence-corrected chi connectivity index (χ2v) is 2.75. The molecule has 0 atom stereocenters. The summed E-state index contributed by atoms with van der Waals surface area (Å²) in [7, 11) is 0. The van der Waals surface area contributed by atoms with Gasteiger partial charge >= 0.3 is 0 Å². The van der Waals surface area contributed by atoms with Crippen molar-refractivity contribution in [2.24, 2.45) is 5.73 Å². The normalized spacial score (nSPS) is 10.3. The van der Waals surface area contributed by atoms with Gasteiger partial charge in [0.1, 0.15) is 0 Å². The number of hydrogen-bond acceptors (Lipinski definition) is 1. The summed E-state index contributed by atoms with van der Waals surface area (Å²) in [6, 6.07) is 2.81. The van der Waals surface area contributed by atoms with Gasteiger partial charge in [0.05, 0.1) is 0 Å². The summed E-state index contributed by atoms with van der Waals surface area (Å²) in [6.45, 7) is 1.99. The smallest absolute Gasteiger partial charge is 0.161 e. The molecule has 0 unspecified atom stereocenters. The molecule has 0 saturated carbocycles. The lowest BCUT2D eigenvalue weighted by Crippen LogP contribution is -2.04. The highest BCUT2D eigenvalue weighted by atomic mass is 19.2. The molecule has 0 aliphatic rings. The lowest BCUT2D eigenvalue weighted by atomic mass is 10.1. The topological polar surface area (TPSA) is 26.0 Å². The molecule has 0 spiro atoms. The molecule has 3 heteroatoms. The van der Waals surface area contributed by atoms with E-state index < -0.39 is 11.6 Å². The first-order valence-corrected chi connectivity index (χ1v) is 3.79. The SMILES string of the molecule is Cc1cc(CCN)cc(F)c1F. The molecule has 66 valence electrons. The first-order valence-electron chi connectivity index (χ1n) is 3.79. The van der Waals surface area contributed by atoms with Crippen LogP contribution in [0.25, 0.3) is 0 Å². The average molecular weight is 171 g/mol. The molecule has 1 aromatic rings. The Hall–Kier alpha value is -0.960. The van der Waals surface area contributed by atoms with Gasteiger partial charge in [0.25, 0.3) is 0 Å². The molecule has 0 aromatic heterocycles. The van der Waals surface area contributed by atoms with E-state index >= 15 is 0 Å². The Labute approximate surface area is 70.2 Å². The first kappa shape index (κ1) is 9.13. The standard InChI is InChI=1S/C9H11F2N/c1-6-4-7(2-3-12)5-8(10)9(6)11/h4-5H,2-3,12H2,1H3. The third-order valence-corrected chi connectivity index (χ3v) is 1.70. The summed E-state index contributed by atoms with van der Waals surface area (Å²) >= 11 is 0. The third-order valence-electron chi connectivity index (χ3n) is 1.70. The van der Waals surface area contributed by atoms with Crippen LogP contribution in [-0.2, 0) is 6.42 Å². The van der Waals surface area contributed by atoms with E-state index in [1.807, 2.05) is 0 Å². The van der Waals surface area contributed by atoms with Gasteiger partial charge in [0.2, 0.25) is 0 Å². The number of nitrogens with two attached hydrogens (primary N) is 1. The Morgan fingerprint density at radius 1 is 1.33 bits per heavy atom. The molecule has 0 saturated heterocycles. The Bertz CT molecular complexity index is 261. The Balaban J connectivity index is 3.04. The van der Waals surface area contributed by atoms with Gasteiger partial charge in [-0.3, -0.25) is 0 Å². The molecule has 1 aromatic carbocycles. The summed E-state index contributed by atoms with van der Waals surface area (Å²) in [6.07, 6.45) is 0.581. The molecule has 0 bridgehead atoms. The Morgan fingerprint density at radius 2 is 2.00 bits per heavy atom. The molecule has 0 heterocycles. The van der Waals surface area contributed by atoms with Gasteiger partial charge < -0.3 is 5.73 Å². The van der Waals surface area contributed by atoms with Gasteiger partial charge in [-0.25, -0.2) is 8.78 Å². The van der Waals surface area contributed by atoms with Crippen molar-refractivity contribution in [1.82, 2.24) is 0 Å². The molecular formula is C9H11F2N. The van der Waals surface area contributed by atoms with Crippen molar-refractivity contribution in [3.63, 3.8) is 0 Å². The minimum absolute atomic E-state index is 0.332. The maximum Gasteiger partial charge on any atom is 0.161 e. The van der Waals surface area contributed by atoms with Crippen LogP contribution < -0.4 is 5.73 Å². The number of aryl methyl sites for hydroxylation is 1. The highest BCUT2D eigenvalue weighted by Crippen LogP contribution is 2.13. The predicted molar refractivity (Wildman–Crippen MR) is 43.9 cm³/mol. The maximum absolute atomic E-state index is 12.7. The number of halogens is 2. The molecule has 0 radical (unpaired) electrons.